The van der Waals surface area contributed by atoms with Gasteiger partial charge in [-0.1, -0.05) is 6.07 Å². The topological polar surface area (TPSA) is 95.1 Å². The number of fused-ring (bicyclic) bond motifs is 2. The minimum absolute atomic E-state index is 0.342. The summed E-state index contributed by atoms with van der Waals surface area (Å²) in [7, 11) is -3.31. The number of hydrogen-bond acceptors (Lipinski definition) is 8. The summed E-state index contributed by atoms with van der Waals surface area (Å²) in [6.07, 6.45) is 0. The zero-order valence-electron chi connectivity index (χ0n) is 22.2. The SMILES string of the molecule is CCN(CC)c1ccc2c(-c3ccc(S(=O)(=O)[O-])cc3SOOC)c3ccc(=[N+](CC)CC)cc-3oc2c1. The Bertz CT molecular complexity index is 1590. The van der Waals surface area contributed by atoms with Crippen LogP contribution in [0.4, 0.5) is 5.69 Å². The van der Waals surface area contributed by atoms with Crippen molar-refractivity contribution in [1.82, 2.24) is 4.58 Å². The molecule has 0 saturated heterocycles. The first-order valence-corrected chi connectivity index (χ1v) is 14.7. The molecule has 1 aliphatic carbocycles. The number of anilines is 1. The highest BCUT2D eigenvalue weighted by molar-refractivity contribution is 7.94. The largest absolute Gasteiger partial charge is 0.744 e. The van der Waals surface area contributed by atoms with E-state index < -0.39 is 10.1 Å². The molecule has 1 heterocycles. The van der Waals surface area contributed by atoms with Gasteiger partial charge in [0.1, 0.15) is 34.6 Å². The summed E-state index contributed by atoms with van der Waals surface area (Å²) in [6.45, 7) is 11.9. The Labute approximate surface area is 227 Å². The van der Waals surface area contributed by atoms with Crippen molar-refractivity contribution in [2.75, 3.05) is 38.2 Å². The van der Waals surface area contributed by atoms with Gasteiger partial charge in [-0.05, 0) is 63.6 Å². The molecular formula is C28H32N2O6S2. The third-order valence-electron chi connectivity index (χ3n) is 6.65. The Morgan fingerprint density at radius 1 is 0.947 bits per heavy atom. The minimum Gasteiger partial charge on any atom is -0.744 e. The fourth-order valence-corrected chi connectivity index (χ4v) is 5.88. The zero-order chi connectivity index (χ0) is 27.4. The third kappa shape index (κ3) is 5.60. The lowest BCUT2D eigenvalue weighted by Crippen LogP contribution is -2.29. The Morgan fingerprint density at radius 3 is 2.29 bits per heavy atom. The van der Waals surface area contributed by atoms with Gasteiger partial charge in [0.05, 0.1) is 30.1 Å². The molecule has 0 radical (unpaired) electrons. The van der Waals surface area contributed by atoms with E-state index in [1.54, 1.807) is 6.07 Å². The highest BCUT2D eigenvalue weighted by atomic mass is 32.2. The van der Waals surface area contributed by atoms with Crippen LogP contribution in [-0.2, 0) is 19.3 Å². The molecule has 1 aliphatic heterocycles. The van der Waals surface area contributed by atoms with Crippen LogP contribution in [0.2, 0.25) is 0 Å². The van der Waals surface area contributed by atoms with Gasteiger partial charge in [0, 0.05) is 52.3 Å². The second-order valence-corrected chi connectivity index (χ2v) is 10.7. The van der Waals surface area contributed by atoms with Gasteiger partial charge >= 0.3 is 0 Å². The Hall–Kier alpha value is -2.89. The predicted octanol–water partition coefficient (Wildman–Crippen LogP) is 5.35. The second kappa shape index (κ2) is 11.9. The van der Waals surface area contributed by atoms with Gasteiger partial charge in [0.25, 0.3) is 0 Å². The molecule has 10 heteroatoms. The molecule has 0 amide bonds. The first-order valence-electron chi connectivity index (χ1n) is 12.6. The molecule has 2 aromatic rings. The van der Waals surface area contributed by atoms with Gasteiger partial charge in [-0.25, -0.2) is 17.9 Å². The van der Waals surface area contributed by atoms with E-state index in [4.69, 9.17) is 13.6 Å². The average molecular weight is 557 g/mol. The lowest BCUT2D eigenvalue weighted by Gasteiger charge is -2.23. The van der Waals surface area contributed by atoms with Crippen molar-refractivity contribution in [3.63, 3.8) is 0 Å². The predicted molar refractivity (Wildman–Crippen MR) is 150 cm³/mol. The Morgan fingerprint density at radius 2 is 1.66 bits per heavy atom. The second-order valence-electron chi connectivity index (χ2n) is 8.61. The van der Waals surface area contributed by atoms with Crippen LogP contribution in [0.25, 0.3) is 33.4 Å². The lowest BCUT2D eigenvalue weighted by molar-refractivity contribution is -0.160. The summed E-state index contributed by atoms with van der Waals surface area (Å²) in [5.41, 5.74) is 4.12. The molecule has 4 rings (SSSR count). The van der Waals surface area contributed by atoms with Gasteiger partial charge in [0.2, 0.25) is 5.36 Å². The van der Waals surface area contributed by atoms with Crippen LogP contribution in [-0.4, -0.2) is 46.3 Å². The summed E-state index contributed by atoms with van der Waals surface area (Å²) < 4.78 is 49.2. The molecule has 202 valence electrons. The number of nitrogens with zero attached hydrogens (tertiary/aromatic N) is 2. The van der Waals surface area contributed by atoms with Crippen molar-refractivity contribution in [3.05, 3.63) is 60.0 Å². The Kier molecular flexibility index (Phi) is 8.79. The van der Waals surface area contributed by atoms with E-state index >= 15 is 0 Å². The van der Waals surface area contributed by atoms with E-state index in [-0.39, 0.29) is 4.90 Å². The fourth-order valence-electron chi connectivity index (χ4n) is 4.73. The molecule has 0 spiro atoms. The molecule has 0 aromatic heterocycles. The monoisotopic (exact) mass is 556 g/mol. The van der Waals surface area contributed by atoms with Gasteiger partial charge in [-0.15, -0.1) is 0 Å². The molecule has 0 unspecified atom stereocenters. The van der Waals surface area contributed by atoms with E-state index in [1.807, 2.05) is 24.3 Å². The molecule has 0 bridgehead atoms. The van der Waals surface area contributed by atoms with E-state index in [0.29, 0.717) is 21.8 Å². The number of rotatable bonds is 10. The van der Waals surface area contributed by atoms with Crippen molar-refractivity contribution in [2.45, 2.75) is 37.5 Å². The molecule has 0 fully saturated rings. The molecule has 38 heavy (non-hydrogen) atoms. The zero-order valence-corrected chi connectivity index (χ0v) is 23.8. The quantitative estimate of drug-likeness (QED) is 0.0644. The van der Waals surface area contributed by atoms with Crippen LogP contribution >= 0.6 is 12.0 Å². The van der Waals surface area contributed by atoms with Crippen LogP contribution in [0.15, 0.2) is 68.8 Å². The molecule has 0 saturated carbocycles. The van der Waals surface area contributed by atoms with Crippen molar-refractivity contribution < 1.29 is 26.6 Å². The van der Waals surface area contributed by atoms with Crippen molar-refractivity contribution >= 4 is 38.8 Å². The lowest BCUT2D eigenvalue weighted by atomic mass is 9.93. The summed E-state index contributed by atoms with van der Waals surface area (Å²) in [4.78, 5) is 7.11. The highest BCUT2D eigenvalue weighted by Crippen LogP contribution is 2.44. The van der Waals surface area contributed by atoms with E-state index in [9.17, 15) is 13.0 Å². The average Bonchev–Trinajstić information content (AvgIpc) is 2.91. The summed E-state index contributed by atoms with van der Waals surface area (Å²) in [5, 5.41) is 1.89. The first kappa shape index (κ1) is 28.1. The van der Waals surface area contributed by atoms with Crippen molar-refractivity contribution in [2.24, 2.45) is 0 Å². The summed E-state index contributed by atoms with van der Waals surface area (Å²) in [6, 6.07) is 16.5. The fraction of sp³-hybridized carbons (Fsp3) is 0.321. The minimum atomic E-state index is -4.67. The normalized spacial score (nSPS) is 11.8. The standard InChI is InChI=1S/C28H32N2O6S2/c1-6-29(7-2)19-10-13-22-25(16-19)35-26-17-20(30(8-3)9-4)11-14-23(26)28(22)24-15-12-21(38(31,32)33)18-27(24)37-36-34-5/h10-18H,6-9H2,1-5H3. The maximum atomic E-state index is 11.8. The van der Waals surface area contributed by atoms with Crippen LogP contribution in [0, 0.1) is 0 Å². The van der Waals surface area contributed by atoms with Crippen LogP contribution < -0.4 is 14.8 Å². The molecule has 0 N–H and O–H groups in total. The smallest absolute Gasteiger partial charge is 0.203 e. The maximum absolute atomic E-state index is 11.8. The van der Waals surface area contributed by atoms with Gasteiger partial charge in [-0.3, -0.25) is 0 Å². The molecule has 2 aromatic carbocycles. The number of benzene rings is 3. The van der Waals surface area contributed by atoms with Gasteiger partial charge in [-0.2, -0.15) is 4.33 Å². The van der Waals surface area contributed by atoms with Crippen LogP contribution in [0.1, 0.15) is 27.7 Å². The Balaban J connectivity index is 2.11. The van der Waals surface area contributed by atoms with Crippen molar-refractivity contribution in [3.8, 4) is 22.5 Å². The molecule has 2 aliphatic rings. The van der Waals surface area contributed by atoms with Crippen LogP contribution in [0.5, 0.6) is 0 Å². The third-order valence-corrected chi connectivity index (χ3v) is 8.20. The maximum Gasteiger partial charge on any atom is 0.203 e. The summed E-state index contributed by atoms with van der Waals surface area (Å²) in [5.74, 6) is 0.692. The molecule has 0 atom stereocenters. The van der Waals surface area contributed by atoms with Gasteiger partial charge < -0.3 is 13.9 Å². The van der Waals surface area contributed by atoms with Crippen LogP contribution in [0.3, 0.4) is 0 Å². The van der Waals surface area contributed by atoms with E-state index in [1.165, 1.54) is 19.2 Å². The van der Waals surface area contributed by atoms with Crippen molar-refractivity contribution in [1.29, 1.82) is 0 Å². The highest BCUT2D eigenvalue weighted by Gasteiger charge is 2.22. The van der Waals surface area contributed by atoms with E-state index in [0.717, 1.165) is 65.8 Å². The van der Waals surface area contributed by atoms with E-state index in [2.05, 4.69) is 49.3 Å². The molecular weight excluding hydrogens is 524 g/mol. The number of hydrogen-bond donors (Lipinski definition) is 0. The molecule has 8 nitrogen and oxygen atoms in total. The summed E-state index contributed by atoms with van der Waals surface area (Å²) >= 11 is 0.847. The van der Waals surface area contributed by atoms with Gasteiger partial charge in [0.15, 0.2) is 0 Å². The first-order chi connectivity index (χ1) is 18.2.